The Hall–Kier alpha value is -5.55. The molecule has 0 bridgehead atoms. The highest BCUT2D eigenvalue weighted by molar-refractivity contribution is 9.10. The molecular weight excluding hydrogens is 726 g/mol. The molecule has 1 aromatic heterocycles. The number of ether oxygens (including phenoxy) is 1. The first kappa shape index (κ1) is 37.7. The second-order valence-electron chi connectivity index (χ2n) is 12.3. The standard InChI is InChI=1S/C22H22BrNO4.C19H18N2O3/c1-3-28-18-10-4-15(5-11-18)12-13-24-20(16-6-8-17(23)9-7-16)19(14(2)25)21(26)22(24)27;1-13(22)16-17(15-7-10-20-11-8-15)21(19(24)18(16)23)12-9-14-5-3-2-4-6-14/h4-11,20,26H,3,12-13H2,1-2H3;2-8,10-11,17,23H,9,12H2,1H3. The summed E-state index contributed by atoms with van der Waals surface area (Å²) in [6, 6.07) is 27.3. The van der Waals surface area contributed by atoms with Gasteiger partial charge < -0.3 is 24.7 Å². The van der Waals surface area contributed by atoms with Gasteiger partial charge in [0.2, 0.25) is 0 Å². The lowest BCUT2D eigenvalue weighted by molar-refractivity contribution is -0.130. The summed E-state index contributed by atoms with van der Waals surface area (Å²) in [5.74, 6) is -1.71. The van der Waals surface area contributed by atoms with E-state index in [-0.39, 0.29) is 22.7 Å². The molecule has 0 fully saturated rings. The highest BCUT2D eigenvalue weighted by atomic mass is 79.9. The van der Waals surface area contributed by atoms with Gasteiger partial charge in [-0.25, -0.2) is 0 Å². The van der Waals surface area contributed by atoms with Gasteiger partial charge in [0.15, 0.2) is 23.1 Å². The van der Waals surface area contributed by atoms with Crippen molar-refractivity contribution in [2.45, 2.75) is 45.7 Å². The molecule has 11 heteroatoms. The smallest absolute Gasteiger partial charge is 0.290 e. The van der Waals surface area contributed by atoms with E-state index in [1.807, 2.05) is 85.8 Å². The Morgan fingerprint density at radius 3 is 1.62 bits per heavy atom. The number of hydrogen-bond acceptors (Lipinski definition) is 8. The molecule has 2 atom stereocenters. The van der Waals surface area contributed by atoms with Crippen molar-refractivity contribution in [3.8, 4) is 5.75 Å². The quantitative estimate of drug-likeness (QED) is 0.158. The highest BCUT2D eigenvalue weighted by Crippen LogP contribution is 2.39. The topological polar surface area (TPSA) is 137 Å². The van der Waals surface area contributed by atoms with Crippen LogP contribution in [0.15, 0.2) is 131 Å². The monoisotopic (exact) mass is 765 g/mol. The molecule has 268 valence electrons. The molecule has 2 aliphatic heterocycles. The number of carbonyl (C=O) groups is 4. The van der Waals surface area contributed by atoms with E-state index in [2.05, 4.69) is 20.9 Å². The third-order valence-electron chi connectivity index (χ3n) is 8.93. The number of aliphatic hydroxyl groups excluding tert-OH is 2. The van der Waals surface area contributed by atoms with Gasteiger partial charge in [0.05, 0.1) is 29.8 Å². The van der Waals surface area contributed by atoms with Crippen LogP contribution < -0.4 is 4.74 Å². The van der Waals surface area contributed by atoms with Crippen molar-refractivity contribution < 1.29 is 34.1 Å². The fourth-order valence-corrected chi connectivity index (χ4v) is 6.70. The number of benzene rings is 3. The maximum atomic E-state index is 12.7. The molecule has 0 aliphatic carbocycles. The lowest BCUT2D eigenvalue weighted by Gasteiger charge is -2.26. The minimum atomic E-state index is -0.583. The molecule has 3 heterocycles. The summed E-state index contributed by atoms with van der Waals surface area (Å²) in [7, 11) is 0. The average molecular weight is 767 g/mol. The third kappa shape index (κ3) is 8.48. The van der Waals surface area contributed by atoms with Gasteiger partial charge in [-0.05, 0) is 92.3 Å². The third-order valence-corrected chi connectivity index (χ3v) is 9.46. The van der Waals surface area contributed by atoms with Gasteiger partial charge in [0.1, 0.15) is 5.75 Å². The van der Waals surface area contributed by atoms with Gasteiger partial charge in [-0.3, -0.25) is 24.2 Å². The van der Waals surface area contributed by atoms with Gasteiger partial charge in [0, 0.05) is 30.0 Å². The summed E-state index contributed by atoms with van der Waals surface area (Å²) < 4.78 is 6.35. The normalized spacial score (nSPS) is 17.0. The fraction of sp³-hybridized carbons (Fsp3) is 0.244. The predicted octanol–water partition coefficient (Wildman–Crippen LogP) is 6.98. The largest absolute Gasteiger partial charge is 0.503 e. The highest BCUT2D eigenvalue weighted by Gasteiger charge is 2.43. The summed E-state index contributed by atoms with van der Waals surface area (Å²) in [6.07, 6.45) is 4.47. The molecular formula is C41H40BrN3O7. The molecule has 0 saturated heterocycles. The minimum absolute atomic E-state index is 0.152. The van der Waals surface area contributed by atoms with Gasteiger partial charge in [-0.1, -0.05) is 70.5 Å². The van der Waals surface area contributed by atoms with Crippen LogP contribution in [0.2, 0.25) is 0 Å². The summed E-state index contributed by atoms with van der Waals surface area (Å²) >= 11 is 3.40. The van der Waals surface area contributed by atoms with E-state index in [9.17, 15) is 29.4 Å². The zero-order chi connectivity index (χ0) is 37.4. The van der Waals surface area contributed by atoms with E-state index < -0.39 is 35.4 Å². The Balaban J connectivity index is 0.000000203. The predicted molar refractivity (Wildman–Crippen MR) is 199 cm³/mol. The van der Waals surface area contributed by atoms with Crippen molar-refractivity contribution in [2.75, 3.05) is 19.7 Å². The van der Waals surface area contributed by atoms with Crippen molar-refractivity contribution >= 4 is 39.3 Å². The van der Waals surface area contributed by atoms with Crippen LogP contribution in [0.4, 0.5) is 0 Å². The van der Waals surface area contributed by atoms with Gasteiger partial charge >= 0.3 is 0 Å². The van der Waals surface area contributed by atoms with Crippen LogP contribution in [0, 0.1) is 0 Å². The molecule has 3 aromatic carbocycles. The van der Waals surface area contributed by atoms with Crippen LogP contribution in [-0.4, -0.2) is 68.1 Å². The maximum Gasteiger partial charge on any atom is 0.290 e. The molecule has 10 nitrogen and oxygen atoms in total. The van der Waals surface area contributed by atoms with Crippen molar-refractivity contribution in [1.82, 2.24) is 14.8 Å². The number of aromatic nitrogens is 1. The number of Topliss-reactive ketones (excluding diaryl/α,β-unsaturated/α-hetero) is 2. The molecule has 0 radical (unpaired) electrons. The van der Waals surface area contributed by atoms with Crippen LogP contribution in [0.1, 0.15) is 55.1 Å². The Morgan fingerprint density at radius 1 is 0.692 bits per heavy atom. The summed E-state index contributed by atoms with van der Waals surface area (Å²) in [6.45, 7) is 6.08. The zero-order valence-corrected chi connectivity index (χ0v) is 30.7. The Labute approximate surface area is 311 Å². The molecule has 4 aromatic rings. The lowest BCUT2D eigenvalue weighted by Crippen LogP contribution is -2.32. The molecule has 0 spiro atoms. The minimum Gasteiger partial charge on any atom is -0.503 e. The van der Waals surface area contributed by atoms with E-state index in [0.717, 1.165) is 32.5 Å². The number of carbonyl (C=O) groups excluding carboxylic acids is 4. The van der Waals surface area contributed by atoms with E-state index in [4.69, 9.17) is 4.74 Å². The fourth-order valence-electron chi connectivity index (χ4n) is 6.43. The van der Waals surface area contributed by atoms with Crippen molar-refractivity contribution in [2.24, 2.45) is 0 Å². The molecule has 6 rings (SSSR count). The van der Waals surface area contributed by atoms with Crippen molar-refractivity contribution in [3.05, 3.63) is 153 Å². The van der Waals surface area contributed by atoms with Gasteiger partial charge in [0.25, 0.3) is 11.8 Å². The Kier molecular flexibility index (Phi) is 12.4. The number of ketones is 2. The SMILES string of the molecule is CC(=O)C1=C(O)C(=O)N(CCc2ccccc2)C1c1ccncc1.CCOc1ccc(CCN2C(=O)C(O)=C(C(C)=O)C2c2ccc(Br)cc2)cc1. The molecule has 2 N–H and O–H groups in total. The summed E-state index contributed by atoms with van der Waals surface area (Å²) in [5.41, 5.74) is 3.99. The van der Waals surface area contributed by atoms with Gasteiger partial charge in [-0.2, -0.15) is 0 Å². The van der Waals surface area contributed by atoms with E-state index in [1.165, 1.54) is 13.8 Å². The molecule has 2 amide bonds. The Bertz CT molecular complexity index is 1980. The number of nitrogens with zero attached hydrogens (tertiary/aromatic N) is 3. The van der Waals surface area contributed by atoms with Crippen molar-refractivity contribution in [1.29, 1.82) is 0 Å². The molecule has 0 saturated carbocycles. The number of pyridine rings is 1. The maximum absolute atomic E-state index is 12.7. The number of hydrogen-bond donors (Lipinski definition) is 2. The molecule has 52 heavy (non-hydrogen) atoms. The number of rotatable bonds is 12. The number of halogens is 1. The van der Waals surface area contributed by atoms with E-state index in [0.29, 0.717) is 32.5 Å². The first-order valence-electron chi connectivity index (χ1n) is 16.9. The molecule has 2 aliphatic rings. The van der Waals surface area contributed by atoms with E-state index in [1.54, 1.807) is 34.3 Å². The summed E-state index contributed by atoms with van der Waals surface area (Å²) in [5, 5.41) is 20.5. The van der Waals surface area contributed by atoms with E-state index >= 15 is 0 Å². The number of amides is 2. The van der Waals surface area contributed by atoms with Crippen LogP contribution in [0.3, 0.4) is 0 Å². The first-order valence-corrected chi connectivity index (χ1v) is 17.7. The number of aliphatic hydroxyl groups is 2. The second-order valence-corrected chi connectivity index (χ2v) is 13.2. The van der Waals surface area contributed by atoms with Crippen LogP contribution >= 0.6 is 15.9 Å². The zero-order valence-electron chi connectivity index (χ0n) is 29.2. The Morgan fingerprint density at radius 2 is 1.15 bits per heavy atom. The lowest BCUT2D eigenvalue weighted by atomic mass is 9.96. The second kappa shape index (κ2) is 17.1. The van der Waals surface area contributed by atoms with Crippen molar-refractivity contribution in [3.63, 3.8) is 0 Å². The average Bonchev–Trinajstić information content (AvgIpc) is 3.56. The van der Waals surface area contributed by atoms with Crippen LogP contribution in [-0.2, 0) is 32.0 Å². The first-order chi connectivity index (χ1) is 25.0. The van der Waals surface area contributed by atoms with Crippen LogP contribution in [0.5, 0.6) is 5.75 Å². The van der Waals surface area contributed by atoms with Crippen LogP contribution in [0.25, 0.3) is 0 Å². The van der Waals surface area contributed by atoms with Gasteiger partial charge in [-0.15, -0.1) is 0 Å². The molecule has 2 unspecified atom stereocenters. The summed E-state index contributed by atoms with van der Waals surface area (Å²) in [4.78, 5) is 56.4.